The molecule has 23 heavy (non-hydrogen) atoms. The maximum absolute atomic E-state index is 13.2. The van der Waals surface area contributed by atoms with Crippen molar-refractivity contribution in [2.45, 2.75) is 63.6 Å². The summed E-state index contributed by atoms with van der Waals surface area (Å²) in [5.74, 6) is 0.319. The van der Waals surface area contributed by atoms with E-state index >= 15 is 0 Å². The smallest absolute Gasteiger partial charge is 0.263 e. The number of aryl methyl sites for hydroxylation is 2. The highest BCUT2D eigenvalue weighted by atomic mass is 32.2. The molecule has 1 aliphatic carbocycles. The summed E-state index contributed by atoms with van der Waals surface area (Å²) < 4.78 is 1.81. The molecule has 0 saturated carbocycles. The Morgan fingerprint density at radius 1 is 1.39 bits per heavy atom. The fourth-order valence-electron chi connectivity index (χ4n) is 3.15. The summed E-state index contributed by atoms with van der Waals surface area (Å²) in [7, 11) is 0. The third-order valence-electron chi connectivity index (χ3n) is 4.54. The van der Waals surface area contributed by atoms with Gasteiger partial charge in [0.2, 0.25) is 0 Å². The molecule has 0 N–H and O–H groups in total. The van der Waals surface area contributed by atoms with Crippen LogP contribution >= 0.6 is 23.1 Å². The van der Waals surface area contributed by atoms with E-state index in [0.717, 1.165) is 35.9 Å². The fourth-order valence-corrected chi connectivity index (χ4v) is 5.21. The van der Waals surface area contributed by atoms with Gasteiger partial charge in [0.25, 0.3) is 5.56 Å². The number of thiophene rings is 1. The van der Waals surface area contributed by atoms with Gasteiger partial charge in [-0.3, -0.25) is 9.36 Å². The highest BCUT2D eigenvalue weighted by Crippen LogP contribution is 2.34. The van der Waals surface area contributed by atoms with Crippen LogP contribution < -0.4 is 5.56 Å². The van der Waals surface area contributed by atoms with Crippen LogP contribution in [0.5, 0.6) is 0 Å². The number of aromatic nitrogens is 2. The Balaban J connectivity index is 2.24. The molecule has 0 saturated heterocycles. The Bertz CT molecular complexity index is 816. The van der Waals surface area contributed by atoms with Crippen LogP contribution in [-0.4, -0.2) is 15.3 Å². The second-order valence-electron chi connectivity index (χ2n) is 6.02. The van der Waals surface area contributed by atoms with Gasteiger partial charge in [0.05, 0.1) is 17.2 Å². The largest absolute Gasteiger partial charge is 0.284 e. The predicted molar refractivity (Wildman–Crippen MR) is 96.5 cm³/mol. The van der Waals surface area contributed by atoms with E-state index in [4.69, 9.17) is 10.2 Å². The van der Waals surface area contributed by atoms with Crippen LogP contribution in [0.3, 0.4) is 0 Å². The highest BCUT2D eigenvalue weighted by molar-refractivity contribution is 7.99. The molecule has 122 valence electrons. The Morgan fingerprint density at radius 2 is 2.17 bits per heavy atom. The normalized spacial score (nSPS) is 15.9. The molecule has 1 atom stereocenters. The zero-order chi connectivity index (χ0) is 16.4. The zero-order valence-electron chi connectivity index (χ0n) is 13.6. The van der Waals surface area contributed by atoms with Crippen LogP contribution in [0.2, 0.25) is 0 Å². The lowest BCUT2D eigenvalue weighted by Crippen LogP contribution is -2.26. The molecule has 2 aromatic heterocycles. The third-order valence-corrected chi connectivity index (χ3v) is 6.54. The van der Waals surface area contributed by atoms with E-state index in [2.05, 4.69) is 19.9 Å². The number of hydrogen-bond donors (Lipinski definition) is 0. The molecule has 0 fully saturated rings. The molecule has 0 bridgehead atoms. The van der Waals surface area contributed by atoms with Crippen molar-refractivity contribution in [1.29, 1.82) is 5.26 Å². The molecule has 2 aromatic rings. The minimum absolute atomic E-state index is 0.0872. The molecule has 0 spiro atoms. The summed E-state index contributed by atoms with van der Waals surface area (Å²) in [5.41, 5.74) is 1.33. The van der Waals surface area contributed by atoms with E-state index in [1.807, 2.05) is 4.57 Å². The molecule has 1 aliphatic rings. The van der Waals surface area contributed by atoms with Crippen molar-refractivity contribution in [3.05, 3.63) is 20.8 Å². The zero-order valence-corrected chi connectivity index (χ0v) is 15.2. The van der Waals surface area contributed by atoms with Crippen LogP contribution in [0.4, 0.5) is 0 Å². The van der Waals surface area contributed by atoms with Gasteiger partial charge in [0.15, 0.2) is 5.16 Å². The van der Waals surface area contributed by atoms with Crippen LogP contribution in [0, 0.1) is 11.3 Å². The second-order valence-corrected chi connectivity index (χ2v) is 8.04. The number of rotatable bonds is 4. The molecule has 0 aromatic carbocycles. The fraction of sp³-hybridized carbons (Fsp3) is 0.588. The van der Waals surface area contributed by atoms with Gasteiger partial charge in [-0.1, -0.05) is 25.1 Å². The Hall–Kier alpha value is -1.32. The molecule has 0 radical (unpaired) electrons. The van der Waals surface area contributed by atoms with E-state index in [1.165, 1.54) is 35.0 Å². The summed E-state index contributed by atoms with van der Waals surface area (Å²) >= 11 is 3.05. The van der Waals surface area contributed by atoms with Crippen molar-refractivity contribution in [3.63, 3.8) is 0 Å². The van der Waals surface area contributed by atoms with Gasteiger partial charge >= 0.3 is 0 Å². The van der Waals surface area contributed by atoms with Crippen molar-refractivity contribution in [2.75, 3.05) is 5.75 Å². The molecule has 4 nitrogen and oxygen atoms in total. The monoisotopic (exact) mass is 347 g/mol. The lowest BCUT2D eigenvalue weighted by atomic mass is 10.1. The predicted octanol–water partition coefficient (Wildman–Crippen LogP) is 4.31. The van der Waals surface area contributed by atoms with E-state index < -0.39 is 0 Å². The molecule has 3 rings (SSSR count). The highest BCUT2D eigenvalue weighted by Gasteiger charge is 2.22. The second kappa shape index (κ2) is 7.06. The Kier molecular flexibility index (Phi) is 5.08. The van der Waals surface area contributed by atoms with Crippen LogP contribution in [0.15, 0.2) is 9.95 Å². The lowest BCUT2D eigenvalue weighted by molar-refractivity contribution is 0.468. The van der Waals surface area contributed by atoms with E-state index in [1.54, 1.807) is 11.3 Å². The number of fused-ring (bicyclic) bond motifs is 3. The van der Waals surface area contributed by atoms with Crippen molar-refractivity contribution < 1.29 is 0 Å². The maximum Gasteiger partial charge on any atom is 0.263 e. The molecular formula is C17H21N3OS2. The molecule has 0 unspecified atom stereocenters. The topological polar surface area (TPSA) is 58.7 Å². The van der Waals surface area contributed by atoms with Gasteiger partial charge in [-0.2, -0.15) is 5.26 Å². The summed E-state index contributed by atoms with van der Waals surface area (Å²) in [6.07, 6.45) is 6.55. The summed E-state index contributed by atoms with van der Waals surface area (Å²) in [4.78, 5) is 20.2. The van der Waals surface area contributed by atoms with E-state index in [-0.39, 0.29) is 11.6 Å². The average Bonchev–Trinajstić information content (AvgIpc) is 2.74. The van der Waals surface area contributed by atoms with Gasteiger partial charge in [-0.25, -0.2) is 4.98 Å². The SMILES string of the molecule is CC[C@@H](C)n1c(SCC#N)nc2sc3c(c2c1=O)CCCCC3. The maximum atomic E-state index is 13.2. The third kappa shape index (κ3) is 3.05. The van der Waals surface area contributed by atoms with E-state index in [9.17, 15) is 4.79 Å². The lowest BCUT2D eigenvalue weighted by Gasteiger charge is -2.17. The standard InChI is InChI=1S/C17H21N3OS2/c1-3-11(2)20-16(21)14-12-7-5-4-6-8-13(12)23-15(14)19-17(20)22-10-9-18/h11H,3-8,10H2,1-2H3/t11-/m1/s1. The first-order valence-electron chi connectivity index (χ1n) is 8.23. The van der Waals surface area contributed by atoms with Crippen molar-refractivity contribution in [1.82, 2.24) is 9.55 Å². The van der Waals surface area contributed by atoms with Crippen LogP contribution in [-0.2, 0) is 12.8 Å². The van der Waals surface area contributed by atoms with Crippen LogP contribution in [0.1, 0.15) is 56.0 Å². The summed E-state index contributed by atoms with van der Waals surface area (Å²) in [5, 5.41) is 10.4. The van der Waals surface area contributed by atoms with Gasteiger partial charge in [-0.05, 0) is 44.6 Å². The molecule has 0 amide bonds. The summed E-state index contributed by atoms with van der Waals surface area (Å²) in [6.45, 7) is 4.13. The first-order chi connectivity index (χ1) is 11.2. The number of nitriles is 1. The average molecular weight is 348 g/mol. The molecule has 0 aliphatic heterocycles. The first-order valence-corrected chi connectivity index (χ1v) is 10.0. The van der Waals surface area contributed by atoms with Gasteiger partial charge in [-0.15, -0.1) is 11.3 Å². The number of nitrogens with zero attached hydrogens (tertiary/aromatic N) is 3. The van der Waals surface area contributed by atoms with Crippen LogP contribution in [0.25, 0.3) is 10.2 Å². The Labute approximate surface area is 144 Å². The van der Waals surface area contributed by atoms with Gasteiger partial charge in [0, 0.05) is 10.9 Å². The quantitative estimate of drug-likeness (QED) is 0.470. The van der Waals surface area contributed by atoms with Crippen molar-refractivity contribution in [2.24, 2.45) is 0 Å². The summed E-state index contributed by atoms with van der Waals surface area (Å²) in [6, 6.07) is 2.24. The molecular weight excluding hydrogens is 326 g/mol. The van der Waals surface area contributed by atoms with Gasteiger partial charge < -0.3 is 0 Å². The van der Waals surface area contributed by atoms with Crippen molar-refractivity contribution >= 4 is 33.3 Å². The molecule has 2 heterocycles. The van der Waals surface area contributed by atoms with Gasteiger partial charge in [0.1, 0.15) is 4.83 Å². The first kappa shape index (κ1) is 16.5. The van der Waals surface area contributed by atoms with Crippen molar-refractivity contribution in [3.8, 4) is 6.07 Å². The number of thioether (sulfide) groups is 1. The minimum Gasteiger partial charge on any atom is -0.284 e. The van der Waals surface area contributed by atoms with E-state index in [0.29, 0.717) is 10.9 Å². The number of hydrogen-bond acceptors (Lipinski definition) is 5. The molecule has 6 heteroatoms. The Morgan fingerprint density at radius 3 is 2.91 bits per heavy atom. The minimum atomic E-state index is 0.0872.